The van der Waals surface area contributed by atoms with Gasteiger partial charge >= 0.3 is 0 Å². The highest BCUT2D eigenvalue weighted by atomic mass is 16.1. The molecule has 2 N–H and O–H groups in total. The average molecular weight is 203 g/mol. The maximum Gasteiger partial charge on any atom is 0.244 e. The first-order valence-electron chi connectivity index (χ1n) is 5.29. The van der Waals surface area contributed by atoms with Gasteiger partial charge in [0.05, 0.1) is 0 Å². The summed E-state index contributed by atoms with van der Waals surface area (Å²) in [6, 6.07) is 9.78. The maximum absolute atomic E-state index is 11.2. The number of unbranched alkanes of at least 4 members (excludes halogenated alkanes) is 1. The Kier molecular flexibility index (Phi) is 4.61. The number of carbonyl (C=O) groups excluding carboxylic acids is 1. The monoisotopic (exact) mass is 203 g/mol. The van der Waals surface area contributed by atoms with E-state index in [1.807, 2.05) is 36.4 Å². The molecule has 80 valence electrons. The fraction of sp³-hybridized carbons (Fsp3) is 0.308. The minimum absolute atomic E-state index is 0.313. The van der Waals surface area contributed by atoms with Crippen LogP contribution in [-0.2, 0) is 4.79 Å². The smallest absolute Gasteiger partial charge is 0.244 e. The van der Waals surface area contributed by atoms with E-state index in [1.165, 1.54) is 0 Å². The second kappa shape index (κ2) is 6.02. The van der Waals surface area contributed by atoms with E-state index >= 15 is 0 Å². The number of nitrogens with two attached hydrogens (primary N) is 1. The van der Waals surface area contributed by atoms with Gasteiger partial charge in [-0.1, -0.05) is 43.7 Å². The lowest BCUT2D eigenvalue weighted by atomic mass is 10.0. The van der Waals surface area contributed by atoms with Crippen LogP contribution < -0.4 is 5.73 Å². The third kappa shape index (κ3) is 3.98. The molecule has 1 aromatic carbocycles. The Morgan fingerprint density at radius 2 is 2.00 bits per heavy atom. The highest BCUT2D eigenvalue weighted by Gasteiger charge is 2.03. The number of carbonyl (C=O) groups is 1. The van der Waals surface area contributed by atoms with E-state index in [0.717, 1.165) is 24.8 Å². The van der Waals surface area contributed by atoms with Gasteiger partial charge in [-0.3, -0.25) is 4.79 Å². The molecule has 0 saturated heterocycles. The Labute approximate surface area is 90.8 Å². The van der Waals surface area contributed by atoms with E-state index in [1.54, 1.807) is 0 Å². The van der Waals surface area contributed by atoms with Gasteiger partial charge in [-0.05, 0) is 24.5 Å². The first-order valence-corrected chi connectivity index (χ1v) is 5.29. The first-order chi connectivity index (χ1) is 7.24. The van der Waals surface area contributed by atoms with Crippen molar-refractivity contribution in [3.05, 3.63) is 41.5 Å². The summed E-state index contributed by atoms with van der Waals surface area (Å²) in [5, 5.41) is 0. The predicted octanol–water partition coefficient (Wildman–Crippen LogP) is 2.75. The van der Waals surface area contributed by atoms with Crippen molar-refractivity contribution in [1.29, 1.82) is 0 Å². The Morgan fingerprint density at radius 1 is 1.33 bits per heavy atom. The van der Waals surface area contributed by atoms with Gasteiger partial charge in [-0.25, -0.2) is 0 Å². The number of primary amides is 1. The topological polar surface area (TPSA) is 43.1 Å². The standard InChI is InChI=1S/C13H17NO/c1-2-3-9-12(13(14)15)10-11-7-5-4-6-8-11/h4-8,10H,2-3,9H2,1H3,(H2,14,15). The average Bonchev–Trinajstić information content (AvgIpc) is 2.25. The van der Waals surface area contributed by atoms with Crippen molar-refractivity contribution in [1.82, 2.24) is 0 Å². The lowest BCUT2D eigenvalue weighted by molar-refractivity contribution is -0.114. The maximum atomic E-state index is 11.2. The lowest BCUT2D eigenvalue weighted by Crippen LogP contribution is -2.13. The van der Waals surface area contributed by atoms with Crippen molar-refractivity contribution < 1.29 is 4.79 Å². The first kappa shape index (κ1) is 11.5. The van der Waals surface area contributed by atoms with Gasteiger partial charge in [0.2, 0.25) is 5.91 Å². The highest BCUT2D eigenvalue weighted by molar-refractivity contribution is 5.96. The van der Waals surface area contributed by atoms with E-state index in [4.69, 9.17) is 5.73 Å². The molecular weight excluding hydrogens is 186 g/mol. The van der Waals surface area contributed by atoms with Gasteiger partial charge < -0.3 is 5.73 Å². The predicted molar refractivity (Wildman–Crippen MR) is 63.1 cm³/mol. The van der Waals surface area contributed by atoms with Crippen LogP contribution in [0.1, 0.15) is 31.7 Å². The Bertz CT molecular complexity index is 341. The molecule has 0 bridgehead atoms. The Hall–Kier alpha value is -1.57. The van der Waals surface area contributed by atoms with Crippen molar-refractivity contribution in [2.75, 3.05) is 0 Å². The summed E-state index contributed by atoms with van der Waals surface area (Å²) in [7, 11) is 0. The second-order valence-electron chi connectivity index (χ2n) is 3.55. The molecule has 0 atom stereocenters. The van der Waals surface area contributed by atoms with Crippen molar-refractivity contribution in [2.45, 2.75) is 26.2 Å². The fourth-order valence-corrected chi connectivity index (χ4v) is 1.38. The molecule has 0 heterocycles. The second-order valence-corrected chi connectivity index (χ2v) is 3.55. The molecule has 0 spiro atoms. The molecule has 0 radical (unpaired) electrons. The normalized spacial score (nSPS) is 11.4. The van der Waals surface area contributed by atoms with Crippen LogP contribution in [0.4, 0.5) is 0 Å². The molecule has 2 nitrogen and oxygen atoms in total. The molecule has 0 fully saturated rings. The quantitative estimate of drug-likeness (QED) is 0.735. The summed E-state index contributed by atoms with van der Waals surface area (Å²) in [6.45, 7) is 2.10. The van der Waals surface area contributed by atoms with Gasteiger partial charge in [-0.15, -0.1) is 0 Å². The van der Waals surface area contributed by atoms with E-state index < -0.39 is 0 Å². The third-order valence-electron chi connectivity index (χ3n) is 2.26. The van der Waals surface area contributed by atoms with Gasteiger partial charge in [0.15, 0.2) is 0 Å². The molecule has 15 heavy (non-hydrogen) atoms. The van der Waals surface area contributed by atoms with Gasteiger partial charge in [0.1, 0.15) is 0 Å². The third-order valence-corrected chi connectivity index (χ3v) is 2.26. The number of hydrogen-bond donors (Lipinski definition) is 1. The van der Waals surface area contributed by atoms with Crippen LogP contribution >= 0.6 is 0 Å². The molecule has 1 amide bonds. The van der Waals surface area contributed by atoms with E-state index in [2.05, 4.69) is 6.92 Å². The number of amides is 1. The van der Waals surface area contributed by atoms with Crippen LogP contribution in [0.3, 0.4) is 0 Å². The molecule has 1 aromatic rings. The molecule has 0 aliphatic rings. The van der Waals surface area contributed by atoms with Crippen LogP contribution in [0.5, 0.6) is 0 Å². The van der Waals surface area contributed by atoms with Crippen LogP contribution in [-0.4, -0.2) is 5.91 Å². The van der Waals surface area contributed by atoms with Crippen molar-refractivity contribution in [2.24, 2.45) is 5.73 Å². The summed E-state index contributed by atoms with van der Waals surface area (Å²) < 4.78 is 0. The Balaban J connectivity index is 2.79. The minimum atomic E-state index is -0.313. The molecule has 1 rings (SSSR count). The zero-order valence-corrected chi connectivity index (χ0v) is 9.07. The summed E-state index contributed by atoms with van der Waals surface area (Å²) >= 11 is 0. The van der Waals surface area contributed by atoms with Gasteiger partial charge in [0, 0.05) is 5.57 Å². The molecular formula is C13H17NO. The fourth-order valence-electron chi connectivity index (χ4n) is 1.38. The van der Waals surface area contributed by atoms with Crippen molar-refractivity contribution in [3.8, 4) is 0 Å². The zero-order chi connectivity index (χ0) is 11.1. The summed E-state index contributed by atoms with van der Waals surface area (Å²) in [5.41, 5.74) is 7.06. The van der Waals surface area contributed by atoms with Crippen molar-refractivity contribution >= 4 is 12.0 Å². The molecule has 0 saturated carbocycles. The molecule has 0 aliphatic carbocycles. The molecule has 0 aromatic heterocycles. The summed E-state index contributed by atoms with van der Waals surface area (Å²) in [6.07, 6.45) is 4.71. The summed E-state index contributed by atoms with van der Waals surface area (Å²) in [5.74, 6) is -0.313. The van der Waals surface area contributed by atoms with Crippen molar-refractivity contribution in [3.63, 3.8) is 0 Å². The largest absolute Gasteiger partial charge is 0.366 e. The van der Waals surface area contributed by atoms with E-state index in [9.17, 15) is 4.79 Å². The number of benzene rings is 1. The minimum Gasteiger partial charge on any atom is -0.366 e. The van der Waals surface area contributed by atoms with E-state index in [-0.39, 0.29) is 5.91 Å². The zero-order valence-electron chi connectivity index (χ0n) is 9.07. The van der Waals surface area contributed by atoms with E-state index in [0.29, 0.717) is 5.57 Å². The molecule has 0 aliphatic heterocycles. The number of rotatable bonds is 5. The SMILES string of the molecule is CCCCC(=Cc1ccccc1)C(N)=O. The van der Waals surface area contributed by atoms with Crippen LogP contribution in [0.25, 0.3) is 6.08 Å². The number of hydrogen-bond acceptors (Lipinski definition) is 1. The highest BCUT2D eigenvalue weighted by Crippen LogP contribution is 2.12. The summed E-state index contributed by atoms with van der Waals surface area (Å²) in [4.78, 5) is 11.2. The molecule has 0 unspecified atom stereocenters. The van der Waals surface area contributed by atoms with Crippen LogP contribution in [0, 0.1) is 0 Å². The molecule has 2 heteroatoms. The van der Waals surface area contributed by atoms with Gasteiger partial charge in [-0.2, -0.15) is 0 Å². The lowest BCUT2D eigenvalue weighted by Gasteiger charge is -2.02. The Morgan fingerprint density at radius 3 is 2.53 bits per heavy atom. The van der Waals surface area contributed by atoms with Crippen LogP contribution in [0.15, 0.2) is 35.9 Å². The van der Waals surface area contributed by atoms with Crippen LogP contribution in [0.2, 0.25) is 0 Å². The van der Waals surface area contributed by atoms with Gasteiger partial charge in [0.25, 0.3) is 0 Å².